The third-order valence-corrected chi connectivity index (χ3v) is 3.89. The highest BCUT2D eigenvalue weighted by Crippen LogP contribution is 2.14. The molecule has 2 atom stereocenters. The van der Waals surface area contributed by atoms with Crippen LogP contribution in [0.2, 0.25) is 0 Å². The Bertz CT molecular complexity index is 284. The van der Waals surface area contributed by atoms with Gasteiger partial charge in [0.15, 0.2) is 5.96 Å². The van der Waals surface area contributed by atoms with E-state index in [0.717, 1.165) is 51.7 Å². The van der Waals surface area contributed by atoms with Crippen molar-refractivity contribution in [3.8, 4) is 0 Å². The Morgan fingerprint density at radius 1 is 1.32 bits per heavy atom. The summed E-state index contributed by atoms with van der Waals surface area (Å²) < 4.78 is 11.1. The Kier molecular flexibility index (Phi) is 5.92. The molecule has 2 fully saturated rings. The van der Waals surface area contributed by atoms with Crippen molar-refractivity contribution in [1.82, 2.24) is 10.2 Å². The molecule has 2 heterocycles. The molecule has 0 aliphatic carbocycles. The molecule has 19 heavy (non-hydrogen) atoms. The van der Waals surface area contributed by atoms with E-state index in [1.807, 2.05) is 7.05 Å². The van der Waals surface area contributed by atoms with Crippen molar-refractivity contribution in [2.24, 2.45) is 10.9 Å². The molecule has 5 heteroatoms. The van der Waals surface area contributed by atoms with Crippen LogP contribution in [0.5, 0.6) is 0 Å². The van der Waals surface area contributed by atoms with Gasteiger partial charge in [-0.05, 0) is 25.7 Å². The van der Waals surface area contributed by atoms with E-state index in [0.29, 0.717) is 12.0 Å². The van der Waals surface area contributed by atoms with Crippen LogP contribution < -0.4 is 5.32 Å². The number of nitrogens with zero attached hydrogens (tertiary/aromatic N) is 2. The zero-order valence-corrected chi connectivity index (χ0v) is 12.2. The molecular weight excluding hydrogens is 242 g/mol. The van der Waals surface area contributed by atoms with Crippen LogP contribution in [0.1, 0.15) is 25.7 Å². The fourth-order valence-electron chi connectivity index (χ4n) is 2.76. The fraction of sp³-hybridized carbons (Fsp3) is 0.929. The van der Waals surface area contributed by atoms with Crippen LogP contribution >= 0.6 is 0 Å². The third kappa shape index (κ3) is 4.66. The standard InChI is InChI=1S/C14H27N3O2/c1-15-14(16-9-13-5-3-4-7-19-13)17(2)10-12-6-8-18-11-12/h12-13H,3-11H2,1-2H3,(H,15,16). The number of guanidine groups is 1. The molecule has 0 amide bonds. The summed E-state index contributed by atoms with van der Waals surface area (Å²) in [6.07, 6.45) is 5.14. The van der Waals surface area contributed by atoms with Gasteiger partial charge in [0.1, 0.15) is 0 Å². The predicted octanol–water partition coefficient (Wildman–Crippen LogP) is 1.10. The second kappa shape index (κ2) is 7.70. The zero-order chi connectivity index (χ0) is 13.5. The largest absolute Gasteiger partial charge is 0.381 e. The Balaban J connectivity index is 1.72. The van der Waals surface area contributed by atoms with E-state index in [2.05, 4.69) is 22.3 Å². The maximum absolute atomic E-state index is 5.73. The first-order valence-electron chi connectivity index (χ1n) is 7.40. The molecule has 1 N–H and O–H groups in total. The molecule has 2 rings (SSSR count). The minimum absolute atomic E-state index is 0.341. The first-order valence-corrected chi connectivity index (χ1v) is 7.40. The predicted molar refractivity (Wildman–Crippen MR) is 76.5 cm³/mol. The van der Waals surface area contributed by atoms with Gasteiger partial charge in [-0.2, -0.15) is 0 Å². The first-order chi connectivity index (χ1) is 9.29. The summed E-state index contributed by atoms with van der Waals surface area (Å²) in [4.78, 5) is 6.55. The molecule has 2 aliphatic rings. The summed E-state index contributed by atoms with van der Waals surface area (Å²) in [5, 5.41) is 3.42. The van der Waals surface area contributed by atoms with E-state index in [1.54, 1.807) is 0 Å². The summed E-state index contributed by atoms with van der Waals surface area (Å²) >= 11 is 0. The quantitative estimate of drug-likeness (QED) is 0.613. The van der Waals surface area contributed by atoms with E-state index >= 15 is 0 Å². The van der Waals surface area contributed by atoms with Crippen LogP contribution in [0, 0.1) is 5.92 Å². The van der Waals surface area contributed by atoms with Crippen LogP contribution in [-0.4, -0.2) is 64.0 Å². The highest BCUT2D eigenvalue weighted by Gasteiger charge is 2.20. The maximum Gasteiger partial charge on any atom is 0.193 e. The van der Waals surface area contributed by atoms with Crippen LogP contribution in [0.4, 0.5) is 0 Å². The van der Waals surface area contributed by atoms with Gasteiger partial charge in [-0.15, -0.1) is 0 Å². The molecule has 0 aromatic carbocycles. The molecule has 5 nitrogen and oxygen atoms in total. The molecule has 0 aromatic heterocycles. The van der Waals surface area contributed by atoms with Crippen molar-refractivity contribution in [3.05, 3.63) is 0 Å². The van der Waals surface area contributed by atoms with Crippen molar-refractivity contribution in [2.45, 2.75) is 31.8 Å². The van der Waals surface area contributed by atoms with E-state index < -0.39 is 0 Å². The number of hydrogen-bond donors (Lipinski definition) is 1. The minimum atomic E-state index is 0.341. The molecule has 0 radical (unpaired) electrons. The summed E-state index contributed by atoms with van der Waals surface area (Å²) in [6, 6.07) is 0. The van der Waals surface area contributed by atoms with Gasteiger partial charge in [-0.1, -0.05) is 0 Å². The van der Waals surface area contributed by atoms with Crippen molar-refractivity contribution in [3.63, 3.8) is 0 Å². The number of rotatable bonds is 4. The summed E-state index contributed by atoms with van der Waals surface area (Å²) in [7, 11) is 3.93. The van der Waals surface area contributed by atoms with E-state index in [-0.39, 0.29) is 0 Å². The first kappa shape index (κ1) is 14.6. The molecule has 0 aromatic rings. The number of nitrogens with one attached hydrogen (secondary N) is 1. The van der Waals surface area contributed by atoms with Gasteiger partial charge < -0.3 is 19.7 Å². The Hall–Kier alpha value is -0.810. The lowest BCUT2D eigenvalue weighted by atomic mass is 10.1. The van der Waals surface area contributed by atoms with Crippen molar-refractivity contribution in [1.29, 1.82) is 0 Å². The molecule has 0 spiro atoms. The highest BCUT2D eigenvalue weighted by molar-refractivity contribution is 5.79. The third-order valence-electron chi connectivity index (χ3n) is 3.89. The van der Waals surface area contributed by atoms with Gasteiger partial charge in [-0.25, -0.2) is 0 Å². The van der Waals surface area contributed by atoms with E-state index in [1.165, 1.54) is 12.8 Å². The lowest BCUT2D eigenvalue weighted by molar-refractivity contribution is 0.0191. The van der Waals surface area contributed by atoms with Crippen molar-refractivity contribution >= 4 is 5.96 Å². The smallest absolute Gasteiger partial charge is 0.193 e. The van der Waals surface area contributed by atoms with Crippen LogP contribution in [0.25, 0.3) is 0 Å². The average Bonchev–Trinajstić information content (AvgIpc) is 2.93. The summed E-state index contributed by atoms with van der Waals surface area (Å²) in [5.41, 5.74) is 0. The SMILES string of the molecule is CN=C(NCC1CCCCO1)N(C)CC1CCOC1. The Morgan fingerprint density at radius 3 is 2.84 bits per heavy atom. The monoisotopic (exact) mass is 269 g/mol. The molecule has 0 bridgehead atoms. The average molecular weight is 269 g/mol. The van der Waals surface area contributed by atoms with Gasteiger partial charge in [0, 0.05) is 46.3 Å². The van der Waals surface area contributed by atoms with E-state index in [4.69, 9.17) is 9.47 Å². The lowest BCUT2D eigenvalue weighted by Gasteiger charge is -2.27. The molecule has 2 unspecified atom stereocenters. The maximum atomic E-state index is 5.73. The van der Waals surface area contributed by atoms with Gasteiger partial charge in [0.05, 0.1) is 12.7 Å². The van der Waals surface area contributed by atoms with Gasteiger partial charge in [-0.3, -0.25) is 4.99 Å². The second-order valence-electron chi connectivity index (χ2n) is 5.53. The summed E-state index contributed by atoms with van der Waals surface area (Å²) in [5.74, 6) is 1.59. The normalized spacial score (nSPS) is 28.4. The molecule has 2 saturated heterocycles. The fourth-order valence-corrected chi connectivity index (χ4v) is 2.76. The number of ether oxygens (including phenoxy) is 2. The molecule has 0 saturated carbocycles. The Labute approximate surface area is 116 Å². The topological polar surface area (TPSA) is 46.1 Å². The van der Waals surface area contributed by atoms with Gasteiger partial charge in [0.2, 0.25) is 0 Å². The Morgan fingerprint density at radius 2 is 2.21 bits per heavy atom. The second-order valence-corrected chi connectivity index (χ2v) is 5.53. The van der Waals surface area contributed by atoms with Gasteiger partial charge >= 0.3 is 0 Å². The van der Waals surface area contributed by atoms with E-state index in [9.17, 15) is 0 Å². The van der Waals surface area contributed by atoms with Crippen LogP contribution in [0.3, 0.4) is 0 Å². The molecule has 2 aliphatic heterocycles. The summed E-state index contributed by atoms with van der Waals surface area (Å²) in [6.45, 7) is 4.55. The minimum Gasteiger partial charge on any atom is -0.381 e. The van der Waals surface area contributed by atoms with Crippen LogP contribution in [-0.2, 0) is 9.47 Å². The molecule has 110 valence electrons. The zero-order valence-electron chi connectivity index (χ0n) is 12.2. The molecular formula is C14H27N3O2. The van der Waals surface area contributed by atoms with Crippen molar-refractivity contribution < 1.29 is 9.47 Å². The van der Waals surface area contributed by atoms with Crippen molar-refractivity contribution in [2.75, 3.05) is 47.0 Å². The van der Waals surface area contributed by atoms with Gasteiger partial charge in [0.25, 0.3) is 0 Å². The number of hydrogen-bond acceptors (Lipinski definition) is 3. The number of aliphatic imine (C=N–C) groups is 1. The highest BCUT2D eigenvalue weighted by atomic mass is 16.5. The van der Waals surface area contributed by atoms with Crippen LogP contribution in [0.15, 0.2) is 4.99 Å². The lowest BCUT2D eigenvalue weighted by Crippen LogP contribution is -2.45.